The number of esters is 1. The van der Waals surface area contributed by atoms with Crippen molar-refractivity contribution in [3.63, 3.8) is 0 Å². The molecule has 9 nitrogen and oxygen atoms in total. The summed E-state index contributed by atoms with van der Waals surface area (Å²) in [7, 11) is 0. The number of benzene rings is 3. The van der Waals surface area contributed by atoms with Crippen LogP contribution in [0.5, 0.6) is 5.75 Å². The van der Waals surface area contributed by atoms with Crippen LogP contribution in [0.25, 0.3) is 21.8 Å². The topological polar surface area (TPSA) is 139 Å². The number of carbonyl (C=O) groups is 3. The minimum absolute atomic E-state index is 0.254. The standard InChI is InChI=1S/C36H46N4O5/c1-4-11-24-19-25(12-5-2)21-26(20-24)22-40-29-15-10-14-28(36(43)39-38)33(29)34-30(45-23-32(42)44-6-3)18-17-27(35(34)40)13-8-7-9-16-31(37)41/h10,14-15,17-21H,4-9,11-13,16,22-23,38H2,1-3H3,(H2,37,41)(H,39,43). The van der Waals surface area contributed by atoms with Gasteiger partial charge in [-0.25, -0.2) is 10.6 Å². The minimum Gasteiger partial charge on any atom is -0.481 e. The van der Waals surface area contributed by atoms with E-state index in [-0.39, 0.29) is 19.1 Å². The average Bonchev–Trinajstić information content (AvgIpc) is 3.34. The third-order valence-corrected chi connectivity index (χ3v) is 8.00. The van der Waals surface area contributed by atoms with Crippen molar-refractivity contribution in [1.29, 1.82) is 0 Å². The molecule has 0 bridgehead atoms. The highest BCUT2D eigenvalue weighted by molar-refractivity contribution is 6.20. The molecule has 5 N–H and O–H groups in total. The lowest BCUT2D eigenvalue weighted by Crippen LogP contribution is -2.30. The van der Waals surface area contributed by atoms with E-state index in [1.54, 1.807) is 13.0 Å². The van der Waals surface area contributed by atoms with Crippen molar-refractivity contribution in [1.82, 2.24) is 9.99 Å². The lowest BCUT2D eigenvalue weighted by molar-refractivity contribution is -0.145. The van der Waals surface area contributed by atoms with E-state index in [4.69, 9.17) is 21.1 Å². The molecule has 9 heteroatoms. The molecule has 4 rings (SSSR count). The van der Waals surface area contributed by atoms with E-state index < -0.39 is 11.9 Å². The minimum atomic E-state index is -0.468. The first-order valence-electron chi connectivity index (χ1n) is 16.1. The summed E-state index contributed by atoms with van der Waals surface area (Å²) in [5, 5.41) is 1.46. The predicted octanol–water partition coefficient (Wildman–Crippen LogP) is 5.88. The second kappa shape index (κ2) is 16.1. The van der Waals surface area contributed by atoms with Gasteiger partial charge < -0.3 is 19.8 Å². The summed E-state index contributed by atoms with van der Waals surface area (Å²) < 4.78 is 13.5. The number of nitrogens with two attached hydrogens (primary N) is 2. The Balaban J connectivity index is 1.95. The van der Waals surface area contributed by atoms with E-state index in [0.717, 1.165) is 73.3 Å². The van der Waals surface area contributed by atoms with Crippen molar-refractivity contribution in [3.05, 3.63) is 76.3 Å². The molecular formula is C36H46N4O5. The zero-order valence-corrected chi connectivity index (χ0v) is 26.7. The number of aryl methyl sites for hydroxylation is 3. The fraction of sp³-hybridized carbons (Fsp3) is 0.417. The Hall–Kier alpha value is -4.37. The van der Waals surface area contributed by atoms with Gasteiger partial charge in [-0.05, 0) is 79.5 Å². The Bertz CT molecular complexity index is 1630. The number of hydrogen-bond donors (Lipinski definition) is 3. The number of primary amides is 1. The van der Waals surface area contributed by atoms with Gasteiger partial charge >= 0.3 is 5.97 Å². The quantitative estimate of drug-likeness (QED) is 0.0446. The van der Waals surface area contributed by atoms with Crippen molar-refractivity contribution in [3.8, 4) is 5.75 Å². The molecule has 0 aliphatic carbocycles. The number of fused-ring (bicyclic) bond motifs is 3. The zero-order chi connectivity index (χ0) is 32.3. The fourth-order valence-electron chi connectivity index (χ4n) is 6.18. The second-order valence-electron chi connectivity index (χ2n) is 11.5. The maximum Gasteiger partial charge on any atom is 0.344 e. The number of carbonyl (C=O) groups excluding carboxylic acids is 3. The van der Waals surface area contributed by atoms with Crippen LogP contribution in [0.1, 0.15) is 91.9 Å². The Morgan fingerprint density at radius 2 is 1.56 bits per heavy atom. The maximum absolute atomic E-state index is 13.1. The van der Waals surface area contributed by atoms with E-state index in [1.807, 2.05) is 24.3 Å². The van der Waals surface area contributed by atoms with Crippen LogP contribution in [0.4, 0.5) is 0 Å². The number of hydrogen-bond acceptors (Lipinski definition) is 6. The number of nitrogens with one attached hydrogen (secondary N) is 1. The molecule has 0 radical (unpaired) electrons. The molecule has 3 aromatic carbocycles. The van der Waals surface area contributed by atoms with Crippen molar-refractivity contribution in [2.75, 3.05) is 13.2 Å². The third-order valence-electron chi connectivity index (χ3n) is 8.00. The van der Waals surface area contributed by atoms with Gasteiger partial charge in [-0.15, -0.1) is 0 Å². The molecule has 1 heterocycles. The number of unbranched alkanes of at least 4 members (excludes halogenated alkanes) is 2. The van der Waals surface area contributed by atoms with Gasteiger partial charge in [0.05, 0.1) is 28.6 Å². The normalized spacial score (nSPS) is 11.2. The molecule has 0 saturated heterocycles. The Kier molecular flexibility index (Phi) is 12.0. The molecule has 0 aliphatic heterocycles. The van der Waals surface area contributed by atoms with Crippen LogP contribution in [0.15, 0.2) is 48.5 Å². The highest BCUT2D eigenvalue weighted by Crippen LogP contribution is 2.40. The summed E-state index contributed by atoms with van der Waals surface area (Å²) in [5.41, 5.74) is 14.8. The smallest absolute Gasteiger partial charge is 0.344 e. The van der Waals surface area contributed by atoms with Crippen LogP contribution in [0, 0.1) is 0 Å². The van der Waals surface area contributed by atoms with Gasteiger partial charge in [-0.2, -0.15) is 0 Å². The van der Waals surface area contributed by atoms with Crippen LogP contribution >= 0.6 is 0 Å². The van der Waals surface area contributed by atoms with Crippen LogP contribution < -0.4 is 21.7 Å². The first-order chi connectivity index (χ1) is 21.8. The number of ether oxygens (including phenoxy) is 2. The van der Waals surface area contributed by atoms with Crippen LogP contribution in [0.3, 0.4) is 0 Å². The van der Waals surface area contributed by atoms with Crippen LogP contribution in [-0.4, -0.2) is 35.6 Å². The van der Waals surface area contributed by atoms with E-state index in [0.29, 0.717) is 29.7 Å². The largest absolute Gasteiger partial charge is 0.481 e. The summed E-state index contributed by atoms with van der Waals surface area (Å²) in [6, 6.07) is 16.4. The number of amides is 2. The molecule has 0 atom stereocenters. The zero-order valence-electron chi connectivity index (χ0n) is 26.7. The summed E-state index contributed by atoms with van der Waals surface area (Å²) in [6.45, 7) is 6.71. The fourth-order valence-corrected chi connectivity index (χ4v) is 6.18. The van der Waals surface area contributed by atoms with Gasteiger partial charge in [-0.1, -0.05) is 63.4 Å². The first-order valence-corrected chi connectivity index (χ1v) is 16.1. The van der Waals surface area contributed by atoms with Crippen molar-refractivity contribution >= 4 is 39.6 Å². The Morgan fingerprint density at radius 3 is 2.20 bits per heavy atom. The lowest BCUT2D eigenvalue weighted by atomic mass is 9.99. The van der Waals surface area contributed by atoms with Crippen molar-refractivity contribution in [2.45, 2.75) is 85.1 Å². The van der Waals surface area contributed by atoms with Crippen LogP contribution in [0.2, 0.25) is 0 Å². The Labute approximate surface area is 265 Å². The van der Waals surface area contributed by atoms with Gasteiger partial charge in [0.2, 0.25) is 5.91 Å². The summed E-state index contributed by atoms with van der Waals surface area (Å²) in [5.74, 6) is 4.96. The van der Waals surface area contributed by atoms with E-state index >= 15 is 0 Å². The van der Waals surface area contributed by atoms with Gasteiger partial charge in [-0.3, -0.25) is 15.0 Å². The summed E-state index contributed by atoms with van der Waals surface area (Å²) in [4.78, 5) is 36.7. The van der Waals surface area contributed by atoms with E-state index in [2.05, 4.69) is 42.0 Å². The summed E-state index contributed by atoms with van der Waals surface area (Å²) >= 11 is 0. The second-order valence-corrected chi connectivity index (χ2v) is 11.5. The maximum atomic E-state index is 13.1. The van der Waals surface area contributed by atoms with Crippen LogP contribution in [-0.2, 0) is 40.1 Å². The highest BCUT2D eigenvalue weighted by Gasteiger charge is 2.23. The molecular weight excluding hydrogens is 568 g/mol. The highest BCUT2D eigenvalue weighted by atomic mass is 16.6. The summed E-state index contributed by atoms with van der Waals surface area (Å²) in [6.07, 6.45) is 7.67. The number of aromatic nitrogens is 1. The van der Waals surface area contributed by atoms with Gasteiger partial charge in [0, 0.05) is 18.4 Å². The van der Waals surface area contributed by atoms with Crippen molar-refractivity contribution < 1.29 is 23.9 Å². The number of nitrogens with zero attached hydrogens (tertiary/aromatic N) is 1. The molecule has 0 aliphatic rings. The first kappa shape index (κ1) is 33.5. The average molecular weight is 615 g/mol. The molecule has 0 fully saturated rings. The molecule has 0 saturated carbocycles. The SMILES string of the molecule is CCCc1cc(CCC)cc(Cn2c3cccc(C(=O)NN)c3c3c(OCC(=O)OCC)ccc(CCCCCC(N)=O)c32)c1. The molecule has 0 unspecified atom stereocenters. The monoisotopic (exact) mass is 614 g/mol. The Morgan fingerprint density at radius 1 is 0.844 bits per heavy atom. The van der Waals surface area contributed by atoms with Gasteiger partial charge in [0.15, 0.2) is 6.61 Å². The van der Waals surface area contributed by atoms with E-state index in [9.17, 15) is 14.4 Å². The number of rotatable bonds is 17. The number of hydrazine groups is 1. The molecule has 2 amide bonds. The molecule has 4 aromatic rings. The lowest BCUT2D eigenvalue weighted by Gasteiger charge is -2.15. The third kappa shape index (κ3) is 8.22. The molecule has 1 aromatic heterocycles. The van der Waals surface area contributed by atoms with Gasteiger partial charge in [0.25, 0.3) is 5.91 Å². The van der Waals surface area contributed by atoms with Gasteiger partial charge in [0.1, 0.15) is 5.75 Å². The molecule has 240 valence electrons. The number of nitrogen functional groups attached to an aromatic ring is 1. The van der Waals surface area contributed by atoms with E-state index in [1.165, 1.54) is 16.7 Å². The predicted molar refractivity (Wildman–Crippen MR) is 178 cm³/mol. The van der Waals surface area contributed by atoms with Crippen molar-refractivity contribution in [2.24, 2.45) is 11.6 Å². The molecule has 45 heavy (non-hydrogen) atoms. The molecule has 0 spiro atoms.